The van der Waals surface area contributed by atoms with Crippen LogP contribution in [0.1, 0.15) is 46.5 Å². The zero-order valence-corrected chi connectivity index (χ0v) is 9.52. The van der Waals surface area contributed by atoms with Crippen molar-refractivity contribution in [2.24, 2.45) is 0 Å². The molecule has 1 aliphatic rings. The Morgan fingerprint density at radius 1 is 1.57 bits per heavy atom. The Bertz CT molecular complexity index is 197. The van der Waals surface area contributed by atoms with Crippen molar-refractivity contribution in [1.82, 2.24) is 10.6 Å². The third-order valence-electron chi connectivity index (χ3n) is 3.27. The summed E-state index contributed by atoms with van der Waals surface area (Å²) in [6.45, 7) is 7.19. The second-order valence-electron chi connectivity index (χ2n) is 4.25. The van der Waals surface area contributed by atoms with Crippen molar-refractivity contribution in [2.75, 3.05) is 6.54 Å². The second kappa shape index (κ2) is 4.78. The molecule has 0 aromatic heterocycles. The summed E-state index contributed by atoms with van der Waals surface area (Å²) < 4.78 is 0. The van der Waals surface area contributed by atoms with E-state index in [9.17, 15) is 4.79 Å². The molecule has 3 nitrogen and oxygen atoms in total. The van der Waals surface area contributed by atoms with Crippen LogP contribution in [0.2, 0.25) is 0 Å². The number of carbonyl (C=O) groups is 1. The van der Waals surface area contributed by atoms with Gasteiger partial charge in [-0.1, -0.05) is 13.8 Å². The zero-order valence-electron chi connectivity index (χ0n) is 9.52. The molecule has 0 radical (unpaired) electrons. The summed E-state index contributed by atoms with van der Waals surface area (Å²) in [6.07, 6.45) is 3.97. The Morgan fingerprint density at radius 3 is 2.71 bits per heavy atom. The Hall–Kier alpha value is -0.570. The Morgan fingerprint density at radius 2 is 2.29 bits per heavy atom. The number of hydrogen-bond acceptors (Lipinski definition) is 2. The quantitative estimate of drug-likeness (QED) is 0.717. The summed E-state index contributed by atoms with van der Waals surface area (Å²) in [5.41, 5.74) is -0.274. The first-order chi connectivity index (χ1) is 6.64. The van der Waals surface area contributed by atoms with Crippen LogP contribution in [0.3, 0.4) is 0 Å². The van der Waals surface area contributed by atoms with Crippen molar-refractivity contribution in [3.8, 4) is 0 Å². The molecule has 82 valence electrons. The minimum atomic E-state index is -0.274. The van der Waals surface area contributed by atoms with Crippen LogP contribution in [0.15, 0.2) is 0 Å². The average molecular weight is 198 g/mol. The molecule has 0 spiro atoms. The molecule has 1 aliphatic heterocycles. The molecule has 3 heteroatoms. The van der Waals surface area contributed by atoms with Gasteiger partial charge in [0.15, 0.2) is 0 Å². The predicted octanol–water partition coefficient (Wildman–Crippen LogP) is 1.43. The average Bonchev–Trinajstić information content (AvgIpc) is 2.67. The van der Waals surface area contributed by atoms with Gasteiger partial charge in [0, 0.05) is 6.04 Å². The SMILES string of the molecule is CCC(C)NC(=O)C1(CC)CCCN1. The van der Waals surface area contributed by atoms with Gasteiger partial charge >= 0.3 is 0 Å². The zero-order chi connectivity index (χ0) is 10.6. The van der Waals surface area contributed by atoms with E-state index in [0.717, 1.165) is 32.2 Å². The normalized spacial score (nSPS) is 28.8. The maximum atomic E-state index is 12.0. The molecule has 14 heavy (non-hydrogen) atoms. The number of carbonyl (C=O) groups excluding carboxylic acids is 1. The first-order valence-corrected chi connectivity index (χ1v) is 5.70. The highest BCUT2D eigenvalue weighted by Crippen LogP contribution is 2.23. The van der Waals surface area contributed by atoms with E-state index in [1.54, 1.807) is 0 Å². The van der Waals surface area contributed by atoms with E-state index >= 15 is 0 Å². The van der Waals surface area contributed by atoms with Crippen LogP contribution < -0.4 is 10.6 Å². The Balaban J connectivity index is 2.56. The fourth-order valence-corrected chi connectivity index (χ4v) is 1.93. The minimum Gasteiger partial charge on any atom is -0.352 e. The van der Waals surface area contributed by atoms with Crippen molar-refractivity contribution < 1.29 is 4.79 Å². The van der Waals surface area contributed by atoms with E-state index in [2.05, 4.69) is 31.4 Å². The maximum Gasteiger partial charge on any atom is 0.240 e. The number of nitrogens with one attached hydrogen (secondary N) is 2. The van der Waals surface area contributed by atoms with Gasteiger partial charge in [0.05, 0.1) is 5.54 Å². The molecule has 1 heterocycles. The molecule has 2 atom stereocenters. The van der Waals surface area contributed by atoms with Gasteiger partial charge in [-0.15, -0.1) is 0 Å². The first-order valence-electron chi connectivity index (χ1n) is 5.70. The van der Waals surface area contributed by atoms with Gasteiger partial charge in [0.25, 0.3) is 0 Å². The van der Waals surface area contributed by atoms with Gasteiger partial charge in [-0.3, -0.25) is 4.79 Å². The fourth-order valence-electron chi connectivity index (χ4n) is 1.93. The third-order valence-corrected chi connectivity index (χ3v) is 3.27. The number of rotatable bonds is 4. The van der Waals surface area contributed by atoms with E-state index in [-0.39, 0.29) is 17.5 Å². The highest BCUT2D eigenvalue weighted by atomic mass is 16.2. The molecular weight excluding hydrogens is 176 g/mol. The predicted molar refractivity (Wildman–Crippen MR) is 58.2 cm³/mol. The molecule has 1 rings (SSSR count). The topological polar surface area (TPSA) is 41.1 Å². The van der Waals surface area contributed by atoms with Gasteiger partial charge in [0.2, 0.25) is 5.91 Å². The smallest absolute Gasteiger partial charge is 0.240 e. The molecule has 1 saturated heterocycles. The van der Waals surface area contributed by atoms with Crippen LogP contribution in [0, 0.1) is 0 Å². The number of hydrogen-bond donors (Lipinski definition) is 2. The van der Waals surface area contributed by atoms with Crippen LogP contribution in [-0.2, 0) is 4.79 Å². The molecule has 0 aromatic carbocycles. The molecule has 0 bridgehead atoms. The van der Waals surface area contributed by atoms with Crippen molar-refractivity contribution >= 4 is 5.91 Å². The molecule has 0 saturated carbocycles. The number of amides is 1. The van der Waals surface area contributed by atoms with Crippen LogP contribution in [0.5, 0.6) is 0 Å². The summed E-state index contributed by atoms with van der Waals surface area (Å²) >= 11 is 0. The van der Waals surface area contributed by atoms with Crippen LogP contribution in [-0.4, -0.2) is 24.0 Å². The van der Waals surface area contributed by atoms with Gasteiger partial charge in [-0.25, -0.2) is 0 Å². The van der Waals surface area contributed by atoms with Gasteiger partial charge in [0.1, 0.15) is 0 Å². The summed E-state index contributed by atoms with van der Waals surface area (Å²) in [6, 6.07) is 0.285. The van der Waals surface area contributed by atoms with Crippen LogP contribution in [0.4, 0.5) is 0 Å². The lowest BCUT2D eigenvalue weighted by molar-refractivity contribution is -0.127. The lowest BCUT2D eigenvalue weighted by atomic mass is 9.93. The molecule has 1 fully saturated rings. The summed E-state index contributed by atoms with van der Waals surface area (Å²) in [5.74, 6) is 0.187. The van der Waals surface area contributed by atoms with E-state index < -0.39 is 0 Å². The van der Waals surface area contributed by atoms with Gasteiger partial charge < -0.3 is 10.6 Å². The van der Waals surface area contributed by atoms with Gasteiger partial charge in [-0.05, 0) is 39.2 Å². The lowest BCUT2D eigenvalue weighted by Crippen LogP contribution is -2.54. The molecule has 0 aromatic rings. The fraction of sp³-hybridized carbons (Fsp3) is 0.909. The second-order valence-corrected chi connectivity index (χ2v) is 4.25. The molecule has 0 aliphatic carbocycles. The van der Waals surface area contributed by atoms with E-state index in [1.165, 1.54) is 0 Å². The molecule has 2 unspecified atom stereocenters. The lowest BCUT2D eigenvalue weighted by Gasteiger charge is -2.28. The third kappa shape index (κ3) is 2.27. The summed E-state index contributed by atoms with van der Waals surface area (Å²) in [7, 11) is 0. The first kappa shape index (κ1) is 11.5. The largest absolute Gasteiger partial charge is 0.352 e. The maximum absolute atomic E-state index is 12.0. The monoisotopic (exact) mass is 198 g/mol. The highest BCUT2D eigenvalue weighted by Gasteiger charge is 2.39. The van der Waals surface area contributed by atoms with E-state index in [1.807, 2.05) is 0 Å². The van der Waals surface area contributed by atoms with Crippen LogP contribution >= 0.6 is 0 Å². The van der Waals surface area contributed by atoms with E-state index in [4.69, 9.17) is 0 Å². The highest BCUT2D eigenvalue weighted by molar-refractivity contribution is 5.86. The molecule has 1 amide bonds. The minimum absolute atomic E-state index is 0.187. The van der Waals surface area contributed by atoms with Crippen LogP contribution in [0.25, 0.3) is 0 Å². The standard InChI is InChI=1S/C11H22N2O/c1-4-9(3)13-10(14)11(5-2)7-6-8-12-11/h9,12H,4-8H2,1-3H3,(H,13,14). The van der Waals surface area contributed by atoms with Crippen molar-refractivity contribution in [2.45, 2.75) is 58.0 Å². The Labute approximate surface area is 86.6 Å². The summed E-state index contributed by atoms with van der Waals surface area (Å²) in [4.78, 5) is 12.0. The molecular formula is C11H22N2O. The summed E-state index contributed by atoms with van der Waals surface area (Å²) in [5, 5.41) is 6.40. The van der Waals surface area contributed by atoms with Crippen molar-refractivity contribution in [3.05, 3.63) is 0 Å². The van der Waals surface area contributed by atoms with E-state index in [0.29, 0.717) is 0 Å². The molecule has 2 N–H and O–H groups in total. The Kier molecular flexibility index (Phi) is 3.93. The van der Waals surface area contributed by atoms with Crippen molar-refractivity contribution in [1.29, 1.82) is 0 Å². The van der Waals surface area contributed by atoms with Crippen molar-refractivity contribution in [3.63, 3.8) is 0 Å². The van der Waals surface area contributed by atoms with Gasteiger partial charge in [-0.2, -0.15) is 0 Å².